The zero-order valence-electron chi connectivity index (χ0n) is 16.7. The Morgan fingerprint density at radius 1 is 0.516 bits per heavy atom. The first-order valence-corrected chi connectivity index (χ1v) is 9.83. The second kappa shape index (κ2) is 6.86. The van der Waals surface area contributed by atoms with Crippen LogP contribution in [0, 0.1) is 0 Å². The highest BCUT2D eigenvalue weighted by atomic mass is 16.5. The van der Waals surface area contributed by atoms with E-state index >= 15 is 0 Å². The molecule has 0 saturated heterocycles. The van der Waals surface area contributed by atoms with Crippen molar-refractivity contribution < 1.29 is 9.64 Å². The molecule has 0 unspecified atom stereocenters. The van der Waals surface area contributed by atoms with Crippen LogP contribution in [0.15, 0.2) is 72.8 Å². The van der Waals surface area contributed by atoms with E-state index < -0.39 is 0 Å². The van der Waals surface area contributed by atoms with Gasteiger partial charge in [-0.05, 0) is 24.3 Å². The summed E-state index contributed by atoms with van der Waals surface area (Å²) in [5, 5.41) is 0. The molecule has 0 amide bonds. The summed E-state index contributed by atoms with van der Waals surface area (Å²) < 4.78 is 5.94. The van der Waals surface area contributed by atoms with Crippen molar-refractivity contribution in [2.45, 2.75) is 0 Å². The number of quaternary nitrogens is 1. The van der Waals surface area contributed by atoms with Gasteiger partial charge in [-0.25, -0.2) is 4.90 Å². The van der Waals surface area contributed by atoms with Crippen molar-refractivity contribution in [3.63, 3.8) is 0 Å². The average Bonchev–Trinajstić information content (AvgIpc) is 3.14. The van der Waals surface area contributed by atoms with Crippen LogP contribution >= 0.6 is 0 Å². The third-order valence-electron chi connectivity index (χ3n) is 5.70. The van der Waals surface area contributed by atoms with Gasteiger partial charge in [-0.1, -0.05) is 24.3 Å². The van der Waals surface area contributed by atoms with Crippen molar-refractivity contribution in [2.24, 2.45) is 0 Å². The van der Waals surface area contributed by atoms with E-state index in [1.807, 2.05) is 24.3 Å². The molecule has 11 N–H and O–H groups in total. The Kier molecular flexibility index (Phi) is 4.13. The number of nitrogen functional groups attached to an aromatic ring is 5. The molecule has 0 atom stereocenters. The van der Waals surface area contributed by atoms with Gasteiger partial charge in [-0.3, -0.25) is 0 Å². The van der Waals surface area contributed by atoms with Crippen LogP contribution < -0.4 is 38.3 Å². The fourth-order valence-corrected chi connectivity index (χ4v) is 4.07. The quantitative estimate of drug-likeness (QED) is 0.251. The van der Waals surface area contributed by atoms with Crippen LogP contribution in [0.2, 0.25) is 0 Å². The second-order valence-corrected chi connectivity index (χ2v) is 7.49. The minimum atomic E-state index is 0.160. The molecule has 0 radical (unpaired) electrons. The van der Waals surface area contributed by atoms with Gasteiger partial charge in [0, 0.05) is 35.4 Å². The number of anilines is 5. The maximum Gasteiger partial charge on any atom is 0.177 e. The molecule has 1 aliphatic heterocycles. The van der Waals surface area contributed by atoms with Crippen LogP contribution in [0.25, 0.3) is 11.1 Å². The minimum absolute atomic E-state index is 0.160. The summed E-state index contributed by atoms with van der Waals surface area (Å²) in [6, 6.07) is 24.6. The van der Waals surface area contributed by atoms with E-state index in [-0.39, 0.29) is 34.2 Å². The van der Waals surface area contributed by atoms with Gasteiger partial charge in [0.2, 0.25) is 0 Å². The van der Waals surface area contributed by atoms with Crippen molar-refractivity contribution in [1.29, 1.82) is 0 Å². The number of fused-ring (bicyclic) bond motifs is 3. The van der Waals surface area contributed by atoms with Gasteiger partial charge in [0.05, 0.1) is 17.1 Å². The molecule has 0 aromatic heterocycles. The Morgan fingerprint density at radius 2 is 0.968 bits per heavy atom. The average molecular weight is 411 g/mol. The number of nitrogens with one attached hydrogen (secondary N) is 1. The summed E-state index contributed by atoms with van der Waals surface area (Å²) in [7, 11) is 0. The van der Waals surface area contributed by atoms with Crippen molar-refractivity contribution >= 4 is 45.5 Å². The summed E-state index contributed by atoms with van der Waals surface area (Å²) >= 11 is 0. The van der Waals surface area contributed by atoms with Crippen LogP contribution in [-0.2, 0) is 0 Å². The molecule has 4 aromatic carbocycles. The van der Waals surface area contributed by atoms with Gasteiger partial charge >= 0.3 is 0 Å². The van der Waals surface area contributed by atoms with E-state index in [1.54, 1.807) is 0 Å². The molecule has 5 rings (SSSR count). The zero-order chi connectivity index (χ0) is 21.7. The summed E-state index contributed by atoms with van der Waals surface area (Å²) in [6.45, 7) is 0. The number of hydrogen-bond acceptors (Lipinski definition) is 6. The summed E-state index contributed by atoms with van der Waals surface area (Å²) in [6.07, 6.45) is 0. The highest BCUT2D eigenvalue weighted by Crippen LogP contribution is 2.45. The number of ether oxygens (including phenoxy) is 1. The molecule has 0 spiro atoms. The lowest BCUT2D eigenvalue weighted by atomic mass is 10.1. The van der Waals surface area contributed by atoms with Crippen LogP contribution in [0.4, 0.5) is 45.5 Å². The Hall–Kier alpha value is -4.36. The molecule has 1 heterocycles. The minimum Gasteiger partial charge on any atom is -0.453 e. The maximum absolute atomic E-state index is 6.07. The van der Waals surface area contributed by atoms with E-state index in [0.717, 1.165) is 5.69 Å². The predicted octanol–water partition coefficient (Wildman–Crippen LogP) is 3.55. The first-order valence-electron chi connectivity index (χ1n) is 9.83. The molecule has 154 valence electrons. The van der Waals surface area contributed by atoms with E-state index in [4.69, 9.17) is 33.4 Å². The van der Waals surface area contributed by atoms with E-state index in [9.17, 15) is 0 Å². The first-order chi connectivity index (χ1) is 15.0. The maximum atomic E-state index is 6.07. The molecule has 0 aliphatic carbocycles. The molecule has 0 bridgehead atoms. The number of rotatable bonds is 3. The number of para-hydroxylation sites is 2. The van der Waals surface area contributed by atoms with Gasteiger partial charge < -0.3 is 33.4 Å². The van der Waals surface area contributed by atoms with Gasteiger partial charge in [0.15, 0.2) is 5.75 Å². The second-order valence-electron chi connectivity index (χ2n) is 7.49. The summed E-state index contributed by atoms with van der Waals surface area (Å²) in [5.74, 6) is 0.770. The molecule has 0 fully saturated rings. The molecular formula is C24H23N6O+. The molecule has 4 aromatic rings. The van der Waals surface area contributed by atoms with Crippen LogP contribution in [0.1, 0.15) is 0 Å². The largest absolute Gasteiger partial charge is 0.453 e. The zero-order valence-corrected chi connectivity index (χ0v) is 16.7. The molecule has 1 aliphatic rings. The highest BCUT2D eigenvalue weighted by molar-refractivity contribution is 5.98. The summed E-state index contributed by atoms with van der Waals surface area (Å²) in [4.78, 5) is 1.19. The third kappa shape index (κ3) is 2.79. The fourth-order valence-electron chi connectivity index (χ4n) is 4.07. The van der Waals surface area contributed by atoms with E-state index in [1.165, 1.54) is 27.4 Å². The van der Waals surface area contributed by atoms with Crippen molar-refractivity contribution in [1.82, 2.24) is 0 Å². The number of benzene rings is 4. The first kappa shape index (κ1) is 18.7. The molecule has 7 heteroatoms. The molecular weight excluding hydrogens is 388 g/mol. The SMILES string of the molecule is Nc1c(N)c(N)c(Oc2ccc([NH+]3c4ccccc4-c4ccccc43)cc2)c(N)c1N. The van der Waals surface area contributed by atoms with Gasteiger partial charge in [0.1, 0.15) is 34.2 Å². The lowest BCUT2D eigenvalue weighted by molar-refractivity contribution is -0.677. The Bertz CT molecular complexity index is 1240. The van der Waals surface area contributed by atoms with Crippen molar-refractivity contribution in [2.75, 3.05) is 28.7 Å². The van der Waals surface area contributed by atoms with Crippen LogP contribution in [0.3, 0.4) is 0 Å². The topological polar surface area (TPSA) is 144 Å². The van der Waals surface area contributed by atoms with Crippen molar-refractivity contribution in [3.8, 4) is 22.6 Å². The number of hydrogen-bond donors (Lipinski definition) is 6. The van der Waals surface area contributed by atoms with Crippen LogP contribution in [-0.4, -0.2) is 0 Å². The Morgan fingerprint density at radius 3 is 1.48 bits per heavy atom. The highest BCUT2D eigenvalue weighted by Gasteiger charge is 2.32. The molecule has 7 nitrogen and oxygen atoms in total. The fraction of sp³-hybridized carbons (Fsp3) is 0. The van der Waals surface area contributed by atoms with Crippen molar-refractivity contribution in [3.05, 3.63) is 72.8 Å². The Labute approximate surface area is 179 Å². The normalized spacial score (nSPS) is 12.4. The van der Waals surface area contributed by atoms with E-state index in [2.05, 4.69) is 48.5 Å². The molecule has 0 saturated carbocycles. The van der Waals surface area contributed by atoms with E-state index in [0.29, 0.717) is 5.75 Å². The van der Waals surface area contributed by atoms with Crippen LogP contribution in [0.5, 0.6) is 11.5 Å². The standard InChI is InChI=1S/C24H22N6O/c25-19-20(26)22(28)24(23(29)21(19)27)31-14-11-9-13(10-12-14)30-17-7-3-1-5-15(17)16-6-2-4-8-18(16)30/h1-12H,25-29H2/p+1. The van der Waals surface area contributed by atoms with Gasteiger partial charge in [-0.2, -0.15) is 0 Å². The lowest BCUT2D eigenvalue weighted by Crippen LogP contribution is -2.95. The predicted molar refractivity (Wildman–Crippen MR) is 127 cm³/mol. The number of nitrogens with two attached hydrogens (primary N) is 5. The lowest BCUT2D eigenvalue weighted by Gasteiger charge is -2.18. The third-order valence-corrected chi connectivity index (χ3v) is 5.70. The Balaban J connectivity index is 1.52. The van der Waals surface area contributed by atoms with Gasteiger partial charge in [0.25, 0.3) is 0 Å². The smallest absolute Gasteiger partial charge is 0.177 e. The van der Waals surface area contributed by atoms with Gasteiger partial charge in [-0.15, -0.1) is 0 Å². The molecule has 31 heavy (non-hydrogen) atoms. The monoisotopic (exact) mass is 411 g/mol. The summed E-state index contributed by atoms with van der Waals surface area (Å²) in [5.41, 5.74) is 36.7.